The van der Waals surface area contributed by atoms with Crippen LogP contribution in [0.1, 0.15) is 23.1 Å². The summed E-state index contributed by atoms with van der Waals surface area (Å²) in [5.41, 5.74) is 9.45. The van der Waals surface area contributed by atoms with Gasteiger partial charge in [0.25, 0.3) is 0 Å². The van der Waals surface area contributed by atoms with E-state index in [2.05, 4.69) is 22.2 Å². The molecule has 0 aromatic heterocycles. The topological polar surface area (TPSA) is 101 Å². The highest BCUT2D eigenvalue weighted by Gasteiger charge is 2.15. The number of anilines is 1. The second kappa shape index (κ2) is 7.99. The monoisotopic (exact) mass is 373 g/mol. The molecule has 0 radical (unpaired) electrons. The molecule has 1 amide bonds. The number of hydrogen-bond donors (Lipinski definition) is 3. The molecule has 2 aromatic carbocycles. The molecule has 0 atom stereocenters. The molecule has 0 aliphatic heterocycles. The molecule has 0 saturated carbocycles. The number of hydrogen-bond acceptors (Lipinski definition) is 4. The summed E-state index contributed by atoms with van der Waals surface area (Å²) in [6.45, 7) is 0.383. The summed E-state index contributed by atoms with van der Waals surface area (Å²) in [6, 6.07) is 12.4. The summed E-state index contributed by atoms with van der Waals surface area (Å²) in [7, 11) is -3.63. The molecule has 2 aromatic rings. The van der Waals surface area contributed by atoms with E-state index >= 15 is 0 Å². The van der Waals surface area contributed by atoms with Gasteiger partial charge in [-0.05, 0) is 54.2 Å². The summed E-state index contributed by atoms with van der Waals surface area (Å²) in [5, 5.41) is 2.77. The predicted octanol–water partition coefficient (Wildman–Crippen LogP) is 1.59. The first-order valence-electron chi connectivity index (χ1n) is 8.68. The van der Waals surface area contributed by atoms with Crippen LogP contribution in [0, 0.1) is 0 Å². The lowest BCUT2D eigenvalue weighted by Gasteiger charge is -2.10. The van der Waals surface area contributed by atoms with Gasteiger partial charge in [-0.2, -0.15) is 0 Å². The van der Waals surface area contributed by atoms with E-state index in [0.29, 0.717) is 5.69 Å². The van der Waals surface area contributed by atoms with Gasteiger partial charge in [0.05, 0.1) is 11.3 Å². The Balaban J connectivity index is 1.67. The molecular weight excluding hydrogens is 350 g/mol. The van der Waals surface area contributed by atoms with Crippen molar-refractivity contribution in [3.05, 3.63) is 59.2 Å². The predicted molar refractivity (Wildman–Crippen MR) is 101 cm³/mol. The van der Waals surface area contributed by atoms with E-state index in [1.54, 1.807) is 12.1 Å². The quantitative estimate of drug-likeness (QED) is 0.686. The molecule has 1 aliphatic carbocycles. The zero-order valence-corrected chi connectivity index (χ0v) is 15.3. The molecule has 0 saturated heterocycles. The van der Waals surface area contributed by atoms with Crippen LogP contribution in [0.15, 0.2) is 47.4 Å². The third kappa shape index (κ3) is 4.49. The molecular formula is C19H23N3O3S. The lowest BCUT2D eigenvalue weighted by atomic mass is 10.0. The van der Waals surface area contributed by atoms with Crippen molar-refractivity contribution in [2.75, 3.05) is 18.4 Å². The molecule has 0 bridgehead atoms. The maximum absolute atomic E-state index is 12.3. The van der Waals surface area contributed by atoms with Crippen LogP contribution in [-0.4, -0.2) is 27.4 Å². The van der Waals surface area contributed by atoms with E-state index in [-0.39, 0.29) is 30.3 Å². The highest BCUT2D eigenvalue weighted by atomic mass is 32.2. The standard InChI is InChI=1S/C19H23N3O3S/c20-9-10-21-26(24,25)18-6-2-5-17(13-18)22-19(23)12-14-7-8-15-3-1-4-16(15)11-14/h2,5-8,11,13,21H,1,3-4,9-10,12,20H2,(H,22,23). The van der Waals surface area contributed by atoms with Crippen LogP contribution in [-0.2, 0) is 34.1 Å². The summed E-state index contributed by atoms with van der Waals surface area (Å²) >= 11 is 0. The van der Waals surface area contributed by atoms with Crippen molar-refractivity contribution >= 4 is 21.6 Å². The molecule has 1 aliphatic rings. The first kappa shape index (κ1) is 18.6. The van der Waals surface area contributed by atoms with Gasteiger partial charge < -0.3 is 11.1 Å². The van der Waals surface area contributed by atoms with Crippen LogP contribution in [0.4, 0.5) is 5.69 Å². The molecule has 0 spiro atoms. The lowest BCUT2D eigenvalue weighted by Crippen LogP contribution is -2.29. The van der Waals surface area contributed by atoms with E-state index in [1.165, 1.54) is 29.7 Å². The Labute approximate surface area is 153 Å². The van der Waals surface area contributed by atoms with Crippen molar-refractivity contribution in [1.82, 2.24) is 4.72 Å². The number of fused-ring (bicyclic) bond motifs is 1. The molecule has 0 fully saturated rings. The summed E-state index contributed by atoms with van der Waals surface area (Å²) in [6.07, 6.45) is 3.61. The Morgan fingerprint density at radius 2 is 1.88 bits per heavy atom. The van der Waals surface area contributed by atoms with Gasteiger partial charge in [0.15, 0.2) is 0 Å². The summed E-state index contributed by atoms with van der Waals surface area (Å²) < 4.78 is 26.7. The summed E-state index contributed by atoms with van der Waals surface area (Å²) in [4.78, 5) is 12.4. The third-order valence-electron chi connectivity index (χ3n) is 4.39. The first-order valence-corrected chi connectivity index (χ1v) is 10.2. The normalized spacial score (nSPS) is 13.4. The number of aryl methyl sites for hydroxylation is 2. The average Bonchev–Trinajstić information content (AvgIpc) is 3.08. The van der Waals surface area contributed by atoms with E-state index in [1.807, 2.05) is 6.07 Å². The van der Waals surface area contributed by atoms with Gasteiger partial charge in [-0.15, -0.1) is 0 Å². The van der Waals surface area contributed by atoms with E-state index < -0.39 is 10.0 Å². The Morgan fingerprint density at radius 3 is 2.69 bits per heavy atom. The molecule has 3 rings (SSSR count). The Hall–Kier alpha value is -2.22. The maximum atomic E-state index is 12.3. The zero-order valence-electron chi connectivity index (χ0n) is 14.5. The highest BCUT2D eigenvalue weighted by Crippen LogP contribution is 2.23. The van der Waals surface area contributed by atoms with Gasteiger partial charge in [0.1, 0.15) is 0 Å². The number of carbonyl (C=O) groups is 1. The molecule has 26 heavy (non-hydrogen) atoms. The minimum atomic E-state index is -3.63. The van der Waals surface area contributed by atoms with Crippen LogP contribution in [0.2, 0.25) is 0 Å². The van der Waals surface area contributed by atoms with Crippen molar-refractivity contribution in [1.29, 1.82) is 0 Å². The average molecular weight is 373 g/mol. The van der Waals surface area contributed by atoms with Gasteiger partial charge in [-0.25, -0.2) is 13.1 Å². The zero-order chi connectivity index (χ0) is 18.6. The molecule has 7 heteroatoms. The van der Waals surface area contributed by atoms with Crippen molar-refractivity contribution in [3.63, 3.8) is 0 Å². The smallest absolute Gasteiger partial charge is 0.240 e. The molecule has 0 heterocycles. The molecule has 6 nitrogen and oxygen atoms in total. The van der Waals surface area contributed by atoms with E-state index in [0.717, 1.165) is 18.4 Å². The van der Waals surface area contributed by atoms with E-state index in [9.17, 15) is 13.2 Å². The maximum Gasteiger partial charge on any atom is 0.240 e. The van der Waals surface area contributed by atoms with Crippen LogP contribution in [0.5, 0.6) is 0 Å². The number of nitrogens with two attached hydrogens (primary N) is 1. The highest BCUT2D eigenvalue weighted by molar-refractivity contribution is 7.89. The van der Waals surface area contributed by atoms with Gasteiger partial charge >= 0.3 is 0 Å². The molecule has 138 valence electrons. The van der Waals surface area contributed by atoms with Crippen molar-refractivity contribution < 1.29 is 13.2 Å². The van der Waals surface area contributed by atoms with Gasteiger partial charge in [-0.1, -0.05) is 24.3 Å². The van der Waals surface area contributed by atoms with Crippen molar-refractivity contribution in [3.8, 4) is 0 Å². The Morgan fingerprint density at radius 1 is 1.08 bits per heavy atom. The third-order valence-corrected chi connectivity index (χ3v) is 5.85. The first-order chi connectivity index (χ1) is 12.5. The van der Waals surface area contributed by atoms with Crippen LogP contribution < -0.4 is 15.8 Å². The van der Waals surface area contributed by atoms with Crippen molar-refractivity contribution in [2.24, 2.45) is 5.73 Å². The van der Waals surface area contributed by atoms with Crippen LogP contribution in [0.3, 0.4) is 0 Å². The molecule has 4 N–H and O–H groups in total. The largest absolute Gasteiger partial charge is 0.329 e. The van der Waals surface area contributed by atoms with E-state index in [4.69, 9.17) is 5.73 Å². The number of carbonyl (C=O) groups excluding carboxylic acids is 1. The van der Waals surface area contributed by atoms with Crippen LogP contribution >= 0.6 is 0 Å². The minimum absolute atomic E-state index is 0.0984. The SMILES string of the molecule is NCCNS(=O)(=O)c1cccc(NC(=O)Cc2ccc3c(c2)CCC3)c1. The summed E-state index contributed by atoms with van der Waals surface area (Å²) in [5.74, 6) is -0.174. The number of nitrogens with one attached hydrogen (secondary N) is 2. The minimum Gasteiger partial charge on any atom is -0.329 e. The van der Waals surface area contributed by atoms with Gasteiger partial charge in [0.2, 0.25) is 15.9 Å². The van der Waals surface area contributed by atoms with Crippen LogP contribution in [0.25, 0.3) is 0 Å². The Kier molecular flexibility index (Phi) is 5.70. The fraction of sp³-hybridized carbons (Fsp3) is 0.316. The van der Waals surface area contributed by atoms with Gasteiger partial charge in [0, 0.05) is 18.8 Å². The molecule has 0 unspecified atom stereocenters. The fourth-order valence-corrected chi connectivity index (χ4v) is 4.24. The van der Waals surface area contributed by atoms with Crippen molar-refractivity contribution in [2.45, 2.75) is 30.6 Å². The number of sulfonamides is 1. The fourth-order valence-electron chi connectivity index (χ4n) is 3.14. The Bertz CT molecular complexity index is 910. The second-order valence-electron chi connectivity index (χ2n) is 6.40. The number of benzene rings is 2. The second-order valence-corrected chi connectivity index (χ2v) is 8.16. The number of rotatable bonds is 7. The number of amides is 1. The lowest BCUT2D eigenvalue weighted by molar-refractivity contribution is -0.115. The van der Waals surface area contributed by atoms with Gasteiger partial charge in [-0.3, -0.25) is 4.79 Å².